The summed E-state index contributed by atoms with van der Waals surface area (Å²) in [4.78, 5) is 0. The highest BCUT2D eigenvalue weighted by atomic mass is 19.1. The van der Waals surface area contributed by atoms with E-state index in [1.54, 1.807) is 13.1 Å². The maximum absolute atomic E-state index is 13.7. The van der Waals surface area contributed by atoms with Crippen molar-refractivity contribution in [3.8, 4) is 11.5 Å². The first kappa shape index (κ1) is 12.6. The summed E-state index contributed by atoms with van der Waals surface area (Å²) in [5.74, 6) is -1.02. The molecule has 0 bridgehead atoms. The van der Waals surface area contributed by atoms with Crippen LogP contribution in [0.25, 0.3) is 0 Å². The molecule has 0 aliphatic carbocycles. The van der Waals surface area contributed by atoms with E-state index in [-0.39, 0.29) is 11.7 Å². The molecule has 0 fully saturated rings. The van der Waals surface area contributed by atoms with Crippen molar-refractivity contribution >= 4 is 5.69 Å². The van der Waals surface area contributed by atoms with E-state index in [0.717, 1.165) is 0 Å². The zero-order chi connectivity index (χ0) is 12.3. The third-order valence-electron chi connectivity index (χ3n) is 2.31. The fraction of sp³-hybridized carbons (Fsp3) is 0.455. The van der Waals surface area contributed by atoms with Crippen LogP contribution in [0.1, 0.15) is 25.3 Å². The Kier molecular flexibility index (Phi) is 3.95. The highest BCUT2D eigenvalue weighted by molar-refractivity contribution is 5.65. The molecule has 1 aromatic carbocycles. The smallest absolute Gasteiger partial charge is 0.196 e. The third-order valence-corrected chi connectivity index (χ3v) is 2.31. The molecule has 3 N–H and O–H groups in total. The van der Waals surface area contributed by atoms with Gasteiger partial charge in [0.15, 0.2) is 17.3 Å². The first-order valence-electron chi connectivity index (χ1n) is 5.05. The number of nitrogens with one attached hydrogen (secondary N) is 2. The van der Waals surface area contributed by atoms with Crippen molar-refractivity contribution in [1.29, 1.82) is 0 Å². The minimum atomic E-state index is -0.631. The van der Waals surface area contributed by atoms with E-state index in [2.05, 4.69) is 10.9 Å². The van der Waals surface area contributed by atoms with Crippen LogP contribution in [0.5, 0.6) is 11.5 Å². The number of ether oxygens (including phenoxy) is 1. The summed E-state index contributed by atoms with van der Waals surface area (Å²) in [6.45, 7) is 3.71. The van der Waals surface area contributed by atoms with Crippen molar-refractivity contribution in [1.82, 2.24) is 5.43 Å². The van der Waals surface area contributed by atoms with E-state index in [9.17, 15) is 9.50 Å². The van der Waals surface area contributed by atoms with Crippen LogP contribution in [0.3, 0.4) is 0 Å². The van der Waals surface area contributed by atoms with Gasteiger partial charge >= 0.3 is 0 Å². The largest absolute Gasteiger partial charge is 0.502 e. The number of benzene rings is 1. The highest BCUT2D eigenvalue weighted by Gasteiger charge is 2.19. The highest BCUT2D eigenvalue weighted by Crippen LogP contribution is 2.40. The SMILES string of the molecule is CNNc1cc(C(C)C)c(F)c(O)c1OC. The van der Waals surface area contributed by atoms with Crippen LogP contribution < -0.4 is 15.6 Å². The second-order valence-corrected chi connectivity index (χ2v) is 3.74. The van der Waals surface area contributed by atoms with Crippen molar-refractivity contribution in [2.24, 2.45) is 0 Å². The van der Waals surface area contributed by atoms with Crippen LogP contribution in [0, 0.1) is 5.82 Å². The minimum Gasteiger partial charge on any atom is -0.502 e. The number of halogens is 1. The topological polar surface area (TPSA) is 53.5 Å². The summed E-state index contributed by atoms with van der Waals surface area (Å²) >= 11 is 0. The van der Waals surface area contributed by atoms with Gasteiger partial charge in [-0.3, -0.25) is 0 Å². The van der Waals surface area contributed by atoms with E-state index >= 15 is 0 Å². The van der Waals surface area contributed by atoms with Gasteiger partial charge in [-0.15, -0.1) is 0 Å². The zero-order valence-corrected chi connectivity index (χ0v) is 9.89. The molecule has 4 nitrogen and oxygen atoms in total. The molecular weight excluding hydrogens is 211 g/mol. The summed E-state index contributed by atoms with van der Waals surface area (Å²) in [6, 6.07) is 1.62. The standard InChI is InChI=1S/C11H17FN2O2/c1-6(2)7-5-8(14-13-3)11(16-4)10(15)9(7)12/h5-6,13-15H,1-4H3. The molecule has 0 unspecified atom stereocenters. The number of anilines is 1. The van der Waals surface area contributed by atoms with Crippen LogP contribution >= 0.6 is 0 Å². The fourth-order valence-electron chi connectivity index (χ4n) is 1.50. The van der Waals surface area contributed by atoms with Gasteiger partial charge in [0.05, 0.1) is 12.8 Å². The Morgan fingerprint density at radius 2 is 2.06 bits per heavy atom. The number of hydrogen-bond donors (Lipinski definition) is 3. The summed E-state index contributed by atoms with van der Waals surface area (Å²) in [7, 11) is 3.05. The van der Waals surface area contributed by atoms with Gasteiger partial charge in [0.25, 0.3) is 0 Å². The van der Waals surface area contributed by atoms with E-state index in [1.165, 1.54) is 7.11 Å². The van der Waals surface area contributed by atoms with Gasteiger partial charge in [0, 0.05) is 7.05 Å². The van der Waals surface area contributed by atoms with Crippen LogP contribution in [-0.4, -0.2) is 19.3 Å². The molecule has 90 valence electrons. The quantitative estimate of drug-likeness (QED) is 0.692. The number of phenolic OH excluding ortho intramolecular Hbond substituents is 1. The van der Waals surface area contributed by atoms with E-state index in [0.29, 0.717) is 11.3 Å². The first-order valence-corrected chi connectivity index (χ1v) is 5.05. The normalized spacial score (nSPS) is 10.6. The lowest BCUT2D eigenvalue weighted by atomic mass is 10.0. The van der Waals surface area contributed by atoms with Gasteiger partial charge in [0.1, 0.15) is 0 Å². The Bertz CT molecular complexity index is 381. The number of methoxy groups -OCH3 is 1. The molecule has 0 aliphatic rings. The second-order valence-electron chi connectivity index (χ2n) is 3.74. The first-order chi connectivity index (χ1) is 7.52. The van der Waals surface area contributed by atoms with E-state index in [4.69, 9.17) is 4.74 Å². The van der Waals surface area contributed by atoms with Gasteiger partial charge in [-0.2, -0.15) is 0 Å². The Labute approximate surface area is 94.4 Å². The Morgan fingerprint density at radius 3 is 2.50 bits per heavy atom. The fourth-order valence-corrected chi connectivity index (χ4v) is 1.50. The average Bonchev–Trinajstić information content (AvgIpc) is 2.23. The number of hydrazine groups is 1. The predicted molar refractivity (Wildman–Crippen MR) is 61.4 cm³/mol. The summed E-state index contributed by atoms with van der Waals surface area (Å²) in [5, 5.41) is 9.67. The van der Waals surface area contributed by atoms with E-state index in [1.807, 2.05) is 13.8 Å². The van der Waals surface area contributed by atoms with Crippen LogP contribution in [0.15, 0.2) is 6.07 Å². The van der Waals surface area contributed by atoms with Crippen molar-refractivity contribution in [3.63, 3.8) is 0 Å². The second kappa shape index (κ2) is 5.03. The predicted octanol–water partition coefficient (Wildman–Crippen LogP) is 2.21. The molecule has 0 amide bonds. The average molecular weight is 228 g/mol. The molecule has 0 radical (unpaired) electrons. The summed E-state index contributed by atoms with van der Waals surface area (Å²) < 4.78 is 18.7. The molecule has 16 heavy (non-hydrogen) atoms. The van der Waals surface area contributed by atoms with Gasteiger partial charge in [-0.25, -0.2) is 9.82 Å². The maximum Gasteiger partial charge on any atom is 0.196 e. The summed E-state index contributed by atoms with van der Waals surface area (Å²) in [6.07, 6.45) is 0. The van der Waals surface area contributed by atoms with Crippen molar-refractivity contribution in [2.45, 2.75) is 19.8 Å². The number of aromatic hydroxyl groups is 1. The van der Waals surface area contributed by atoms with Crippen molar-refractivity contribution in [2.75, 3.05) is 19.6 Å². The van der Waals surface area contributed by atoms with Gasteiger partial charge in [0.2, 0.25) is 0 Å². The molecule has 0 saturated heterocycles. The number of hydrogen-bond acceptors (Lipinski definition) is 4. The maximum atomic E-state index is 13.7. The van der Waals surface area contributed by atoms with E-state index < -0.39 is 11.6 Å². The van der Waals surface area contributed by atoms with Crippen LogP contribution in [0.2, 0.25) is 0 Å². The number of phenols is 1. The lowest BCUT2D eigenvalue weighted by Crippen LogP contribution is -2.16. The van der Waals surface area contributed by atoms with Gasteiger partial charge in [-0.05, 0) is 17.5 Å². The molecular formula is C11H17FN2O2. The van der Waals surface area contributed by atoms with Crippen LogP contribution in [-0.2, 0) is 0 Å². The van der Waals surface area contributed by atoms with Gasteiger partial charge < -0.3 is 15.3 Å². The Balaban J connectivity index is 3.36. The lowest BCUT2D eigenvalue weighted by Gasteiger charge is -2.16. The third kappa shape index (κ3) is 2.19. The Morgan fingerprint density at radius 1 is 1.44 bits per heavy atom. The number of rotatable bonds is 4. The molecule has 0 aromatic heterocycles. The minimum absolute atomic E-state index is 0.0192. The van der Waals surface area contributed by atoms with Gasteiger partial charge in [-0.1, -0.05) is 13.8 Å². The van der Waals surface area contributed by atoms with Crippen molar-refractivity contribution < 1.29 is 14.2 Å². The van der Waals surface area contributed by atoms with Crippen molar-refractivity contribution in [3.05, 3.63) is 17.4 Å². The summed E-state index contributed by atoms with van der Waals surface area (Å²) in [5.41, 5.74) is 6.44. The molecule has 5 heteroatoms. The monoisotopic (exact) mass is 228 g/mol. The molecule has 0 atom stereocenters. The molecule has 0 heterocycles. The molecule has 0 spiro atoms. The lowest BCUT2D eigenvalue weighted by molar-refractivity contribution is 0.356. The molecule has 0 aliphatic heterocycles. The molecule has 1 aromatic rings. The molecule has 0 saturated carbocycles. The molecule has 1 rings (SSSR count). The zero-order valence-electron chi connectivity index (χ0n) is 9.89. The Hall–Kier alpha value is -1.49. The van der Waals surface area contributed by atoms with Crippen LogP contribution in [0.4, 0.5) is 10.1 Å².